The van der Waals surface area contributed by atoms with Crippen molar-refractivity contribution in [3.05, 3.63) is 79.0 Å². The molecule has 1 saturated heterocycles. The molecule has 57 heavy (non-hydrogen) atoms. The molecular formula is C42H51Cl2FN4O7S. The van der Waals surface area contributed by atoms with Gasteiger partial charge in [-0.2, -0.15) is 0 Å². The quantitative estimate of drug-likeness (QED) is 0.176. The molecule has 0 N–H and O–H groups in total. The molecule has 1 aliphatic carbocycles. The van der Waals surface area contributed by atoms with Gasteiger partial charge >= 0.3 is 12.2 Å². The van der Waals surface area contributed by atoms with E-state index in [0.29, 0.717) is 31.4 Å². The summed E-state index contributed by atoms with van der Waals surface area (Å²) in [6.07, 6.45) is 3.86. The molecular weight excluding hydrogens is 794 g/mol. The van der Waals surface area contributed by atoms with Crippen LogP contribution in [0.25, 0.3) is 5.57 Å². The number of benzene rings is 2. The fourth-order valence-corrected chi connectivity index (χ4v) is 8.85. The highest BCUT2D eigenvalue weighted by Crippen LogP contribution is 2.44. The Balaban J connectivity index is 1.37. The van der Waals surface area contributed by atoms with Crippen molar-refractivity contribution in [1.29, 1.82) is 0 Å². The minimum atomic E-state index is -0.820. The van der Waals surface area contributed by atoms with Gasteiger partial charge in [0.2, 0.25) is 0 Å². The third kappa shape index (κ3) is 10.2. The van der Waals surface area contributed by atoms with E-state index in [-0.39, 0.29) is 47.4 Å². The summed E-state index contributed by atoms with van der Waals surface area (Å²) < 4.78 is 36.9. The van der Waals surface area contributed by atoms with E-state index < -0.39 is 41.3 Å². The number of carbonyl (C=O) groups excluding carboxylic acids is 3. The van der Waals surface area contributed by atoms with Crippen molar-refractivity contribution in [2.45, 2.75) is 116 Å². The number of carbonyl (C=O) groups is 3. The number of amides is 3. The molecule has 3 aliphatic rings. The molecule has 2 fully saturated rings. The lowest BCUT2D eigenvalue weighted by molar-refractivity contribution is -0.129. The lowest BCUT2D eigenvalue weighted by Crippen LogP contribution is -2.66. The summed E-state index contributed by atoms with van der Waals surface area (Å²) in [6.45, 7) is 13.7. The summed E-state index contributed by atoms with van der Waals surface area (Å²) in [5, 5.41) is 1.01. The molecule has 1 saturated carbocycles. The van der Waals surface area contributed by atoms with Crippen LogP contribution in [0.2, 0.25) is 10.0 Å². The predicted octanol–water partition coefficient (Wildman–Crippen LogP) is 9.49. The smallest absolute Gasteiger partial charge is 0.411 e. The number of hydrogen-bond acceptors (Lipinski definition) is 9. The number of aromatic nitrogens is 1. The first-order valence-electron chi connectivity index (χ1n) is 19.2. The van der Waals surface area contributed by atoms with E-state index in [1.807, 2.05) is 71.6 Å². The van der Waals surface area contributed by atoms with Gasteiger partial charge in [-0.05, 0) is 109 Å². The van der Waals surface area contributed by atoms with E-state index in [0.717, 1.165) is 57.3 Å². The zero-order valence-corrected chi connectivity index (χ0v) is 36.1. The highest BCUT2D eigenvalue weighted by Gasteiger charge is 2.51. The van der Waals surface area contributed by atoms with E-state index in [1.165, 1.54) is 11.3 Å². The standard InChI is InChI=1S/C42H51Cl2FN4O7S/c1-24-25(11-9-12-33(24)53-8)21-48(27-14-15-27)38(50)36-29(34-20-46-35(57-34)13-10-16-54-37-30(43)17-26(45)18-31(37)44)19-28-22-47(39(51)55-41(2,3)4)23-32(36)49(28)40(52)56-42(5,6)7/h9,11-12,17-18,20,27-28,32H,10,13-16,19,21-23H2,1-8H3. The molecule has 308 valence electrons. The van der Waals surface area contributed by atoms with E-state index >= 15 is 4.79 Å². The number of methoxy groups -OCH3 is 1. The molecule has 6 rings (SSSR count). The van der Waals surface area contributed by atoms with Crippen LogP contribution < -0.4 is 9.47 Å². The van der Waals surface area contributed by atoms with Crippen LogP contribution in [-0.2, 0) is 27.2 Å². The van der Waals surface area contributed by atoms with Gasteiger partial charge in [0, 0.05) is 43.9 Å². The third-order valence-corrected chi connectivity index (χ3v) is 11.6. The highest BCUT2D eigenvalue weighted by molar-refractivity contribution is 7.12. The molecule has 2 aromatic carbocycles. The maximum absolute atomic E-state index is 15.4. The second kappa shape index (κ2) is 17.0. The minimum absolute atomic E-state index is 0.00948. The predicted molar refractivity (Wildman–Crippen MR) is 219 cm³/mol. The van der Waals surface area contributed by atoms with Crippen LogP contribution in [0.4, 0.5) is 14.0 Å². The molecule has 15 heteroatoms. The SMILES string of the molecule is COc1cccc(CN(C(=O)C2=C(c3cnc(CCCOc4c(Cl)cc(F)cc4Cl)s3)CC3CN(C(=O)OC(C)(C)C)CC2N3C(=O)OC(C)(C)C)C2CC2)c1C. The number of hydrogen-bond donors (Lipinski definition) is 0. The summed E-state index contributed by atoms with van der Waals surface area (Å²) in [4.78, 5) is 53.9. The first kappa shape index (κ1) is 42.5. The molecule has 2 unspecified atom stereocenters. The minimum Gasteiger partial charge on any atom is -0.496 e. The van der Waals surface area contributed by atoms with Crippen molar-refractivity contribution < 1.29 is 37.7 Å². The Bertz CT molecular complexity index is 2020. The molecule has 3 amide bonds. The number of halogens is 3. The summed E-state index contributed by atoms with van der Waals surface area (Å²) in [6, 6.07) is 6.81. The summed E-state index contributed by atoms with van der Waals surface area (Å²) in [5.41, 5.74) is 1.61. The topological polar surface area (TPSA) is 111 Å². The molecule has 0 spiro atoms. The van der Waals surface area contributed by atoms with Crippen molar-refractivity contribution in [2.24, 2.45) is 0 Å². The van der Waals surface area contributed by atoms with Crippen molar-refractivity contribution in [3.8, 4) is 11.5 Å². The fraction of sp³-hybridized carbons (Fsp3) is 0.524. The number of nitrogens with zero attached hydrogens (tertiary/aromatic N) is 4. The van der Waals surface area contributed by atoms with Gasteiger partial charge in [-0.15, -0.1) is 11.3 Å². The van der Waals surface area contributed by atoms with E-state index in [2.05, 4.69) is 0 Å². The fourth-order valence-electron chi connectivity index (χ4n) is 7.25. The van der Waals surface area contributed by atoms with Crippen LogP contribution in [0.5, 0.6) is 11.5 Å². The first-order valence-corrected chi connectivity index (χ1v) is 20.8. The number of piperazine rings is 1. The highest BCUT2D eigenvalue weighted by atomic mass is 35.5. The maximum atomic E-state index is 15.4. The summed E-state index contributed by atoms with van der Waals surface area (Å²) in [5.74, 6) is 0.211. The van der Waals surface area contributed by atoms with E-state index in [1.54, 1.807) is 23.1 Å². The van der Waals surface area contributed by atoms with Crippen molar-refractivity contribution in [3.63, 3.8) is 0 Å². The molecule has 1 aromatic heterocycles. The number of aryl methyl sites for hydroxylation is 1. The Kier molecular flexibility index (Phi) is 12.7. The van der Waals surface area contributed by atoms with Crippen molar-refractivity contribution in [1.82, 2.24) is 19.7 Å². The van der Waals surface area contributed by atoms with E-state index in [9.17, 15) is 14.0 Å². The van der Waals surface area contributed by atoms with Gasteiger partial charge in [-0.25, -0.2) is 19.0 Å². The van der Waals surface area contributed by atoms with Gasteiger partial charge in [0.1, 0.15) is 22.8 Å². The molecule has 0 radical (unpaired) electrons. The second-order valence-corrected chi connectivity index (χ2v) is 18.6. The molecule has 2 aliphatic heterocycles. The largest absolute Gasteiger partial charge is 0.496 e. The van der Waals surface area contributed by atoms with Crippen LogP contribution in [0.3, 0.4) is 0 Å². The van der Waals surface area contributed by atoms with Gasteiger partial charge in [-0.1, -0.05) is 35.3 Å². The number of rotatable bonds is 11. The maximum Gasteiger partial charge on any atom is 0.411 e. The lowest BCUT2D eigenvalue weighted by Gasteiger charge is -2.51. The number of fused-ring (bicyclic) bond motifs is 2. The molecule has 2 bridgehead atoms. The Hall–Kier alpha value is -4.07. The average Bonchev–Trinajstić information content (AvgIpc) is 3.84. The molecule has 2 atom stereocenters. The second-order valence-electron chi connectivity index (χ2n) is 16.7. The van der Waals surface area contributed by atoms with Crippen molar-refractivity contribution >= 4 is 58.2 Å². The molecule has 3 aromatic rings. The third-order valence-electron chi connectivity index (χ3n) is 9.94. The first-order chi connectivity index (χ1) is 26.8. The summed E-state index contributed by atoms with van der Waals surface area (Å²) >= 11 is 13.8. The van der Waals surface area contributed by atoms with E-state index in [4.69, 9.17) is 47.1 Å². The van der Waals surface area contributed by atoms with Crippen LogP contribution in [0, 0.1) is 12.7 Å². The number of thiazole rings is 1. The van der Waals surface area contributed by atoms with Crippen LogP contribution >= 0.6 is 34.5 Å². The zero-order valence-electron chi connectivity index (χ0n) is 33.7. The Morgan fingerprint density at radius 3 is 2.30 bits per heavy atom. The lowest BCUT2D eigenvalue weighted by atomic mass is 9.83. The molecule has 3 heterocycles. The van der Waals surface area contributed by atoms with Gasteiger partial charge in [0.15, 0.2) is 5.75 Å². The van der Waals surface area contributed by atoms with Gasteiger partial charge in [0.05, 0.1) is 45.7 Å². The van der Waals surface area contributed by atoms with Gasteiger partial charge in [0.25, 0.3) is 5.91 Å². The van der Waals surface area contributed by atoms with Crippen LogP contribution in [0.15, 0.2) is 42.1 Å². The average molecular weight is 846 g/mol. The van der Waals surface area contributed by atoms with Crippen LogP contribution in [-0.4, -0.2) is 93.9 Å². The Morgan fingerprint density at radius 2 is 1.67 bits per heavy atom. The van der Waals surface area contributed by atoms with Gasteiger partial charge < -0.3 is 28.7 Å². The van der Waals surface area contributed by atoms with Crippen molar-refractivity contribution in [2.75, 3.05) is 26.8 Å². The molecule has 11 nitrogen and oxygen atoms in total. The number of ether oxygens (including phenoxy) is 4. The Morgan fingerprint density at radius 1 is 1.00 bits per heavy atom. The van der Waals surface area contributed by atoms with Gasteiger partial charge in [-0.3, -0.25) is 9.69 Å². The monoisotopic (exact) mass is 844 g/mol. The normalized spacial score (nSPS) is 18.4. The van der Waals surface area contributed by atoms with Crippen LogP contribution in [0.1, 0.15) is 88.2 Å². The Labute approximate surface area is 348 Å². The summed E-state index contributed by atoms with van der Waals surface area (Å²) in [7, 11) is 1.63. The zero-order chi connectivity index (χ0) is 41.4.